The summed E-state index contributed by atoms with van der Waals surface area (Å²) in [4.78, 5) is 14.5. The molecule has 0 bridgehead atoms. The van der Waals surface area contributed by atoms with Crippen LogP contribution in [0.1, 0.15) is 17.4 Å². The molecule has 1 aromatic heterocycles. The number of aliphatic hydroxyl groups excluding tert-OH is 3. The van der Waals surface area contributed by atoms with Gasteiger partial charge in [0.25, 0.3) is 0 Å². The number of aromatic nitrogens is 2. The van der Waals surface area contributed by atoms with Crippen LogP contribution in [0.25, 0.3) is 5.82 Å². The number of aryl methyl sites for hydroxylation is 1. The van der Waals surface area contributed by atoms with Gasteiger partial charge in [-0.1, -0.05) is 29.8 Å². The molecular formula is C18H23N5O5. The third-order valence-corrected chi connectivity index (χ3v) is 4.89. The molecule has 2 aliphatic heterocycles. The van der Waals surface area contributed by atoms with Crippen molar-refractivity contribution in [2.24, 2.45) is 10.7 Å². The Hall–Kier alpha value is -2.50. The molecule has 150 valence electrons. The van der Waals surface area contributed by atoms with E-state index >= 15 is 0 Å². The van der Waals surface area contributed by atoms with Crippen LogP contribution in [0.3, 0.4) is 0 Å². The molecule has 0 spiro atoms. The summed E-state index contributed by atoms with van der Waals surface area (Å²) in [6, 6.07) is 7.96. The molecule has 1 saturated heterocycles. The van der Waals surface area contributed by atoms with Crippen molar-refractivity contribution in [1.29, 1.82) is 0 Å². The number of ether oxygens (including phenoxy) is 1. The fourth-order valence-electron chi connectivity index (χ4n) is 3.38. The average Bonchev–Trinajstić information content (AvgIpc) is 3.23. The Morgan fingerprint density at radius 1 is 1.32 bits per heavy atom. The van der Waals surface area contributed by atoms with E-state index in [4.69, 9.17) is 15.3 Å². The summed E-state index contributed by atoms with van der Waals surface area (Å²) in [5.74, 6) is 0.295. The molecular weight excluding hydrogens is 366 g/mol. The van der Waals surface area contributed by atoms with E-state index in [0.29, 0.717) is 23.3 Å². The molecule has 0 radical (unpaired) electrons. The van der Waals surface area contributed by atoms with Gasteiger partial charge in [-0.05, 0) is 12.5 Å². The van der Waals surface area contributed by atoms with Crippen molar-refractivity contribution in [2.75, 3.05) is 13.3 Å². The van der Waals surface area contributed by atoms with Crippen LogP contribution in [0.5, 0.6) is 0 Å². The second-order valence-corrected chi connectivity index (χ2v) is 6.88. The molecule has 2 aliphatic rings. The minimum absolute atomic E-state index is 0.144. The van der Waals surface area contributed by atoms with Crippen molar-refractivity contribution in [3.05, 3.63) is 52.6 Å². The molecule has 1 fully saturated rings. The topological polar surface area (TPSA) is 139 Å². The number of hydrogen-bond donors (Lipinski definition) is 4. The molecule has 4 atom stereocenters. The molecule has 0 saturated carbocycles. The largest absolute Gasteiger partial charge is 0.394 e. The van der Waals surface area contributed by atoms with Crippen LogP contribution >= 0.6 is 0 Å². The Labute approximate surface area is 160 Å². The Balaban J connectivity index is 1.56. The number of rotatable bonds is 5. The van der Waals surface area contributed by atoms with Gasteiger partial charge in [-0.25, -0.2) is 15.0 Å². The maximum absolute atomic E-state index is 10.2. The number of imidazole rings is 1. The molecule has 3 heterocycles. The fraction of sp³-hybridized carbons (Fsp3) is 0.444. The van der Waals surface area contributed by atoms with E-state index in [1.165, 1.54) is 16.0 Å². The number of fused-ring (bicyclic) bond motifs is 1. The molecule has 0 aliphatic carbocycles. The standard InChI is InChI=1S/C18H23N5O5/c1-10-3-2-4-11(5-10)7-27-23-9-21-17-13(16(23)19)20-8-22(17)18-15(26)14(25)12(6-24)28-18/h2-5,8,12,14-15,18,24-26H,6-7,9,19H2,1H3/t12-,14-,15-,18-/m1/s1. The Bertz CT molecular complexity index is 977. The Morgan fingerprint density at radius 3 is 2.86 bits per heavy atom. The second kappa shape index (κ2) is 7.49. The average molecular weight is 389 g/mol. The summed E-state index contributed by atoms with van der Waals surface area (Å²) in [5, 5.41) is 31.3. The van der Waals surface area contributed by atoms with Crippen LogP contribution in [0.4, 0.5) is 0 Å². The molecule has 0 unspecified atom stereocenters. The summed E-state index contributed by atoms with van der Waals surface area (Å²) < 4.78 is 7.05. The maximum Gasteiger partial charge on any atom is 0.165 e. The van der Waals surface area contributed by atoms with Crippen molar-refractivity contribution in [3.8, 4) is 0 Å². The number of aliphatic hydroxyl groups is 3. The smallest absolute Gasteiger partial charge is 0.165 e. The van der Waals surface area contributed by atoms with E-state index in [2.05, 4.69) is 9.98 Å². The van der Waals surface area contributed by atoms with Crippen LogP contribution < -0.4 is 16.6 Å². The minimum atomic E-state index is -1.22. The zero-order chi connectivity index (χ0) is 19.8. The van der Waals surface area contributed by atoms with Gasteiger partial charge in [0, 0.05) is 0 Å². The SMILES string of the molecule is Cc1cccc(CON2CN=c3c(ncn3[C@@H]3O[C@H](CO)[C@@H](O)[C@H]3O)=C2N)c1. The normalized spacial score (nSPS) is 27.0. The number of nitrogens with two attached hydrogens (primary N) is 1. The van der Waals surface area contributed by atoms with Gasteiger partial charge >= 0.3 is 0 Å². The first kappa shape index (κ1) is 18.8. The number of hydrogen-bond acceptors (Lipinski definition) is 9. The van der Waals surface area contributed by atoms with Crippen molar-refractivity contribution in [2.45, 2.75) is 38.1 Å². The van der Waals surface area contributed by atoms with Gasteiger partial charge in [-0.15, -0.1) is 0 Å². The fourth-order valence-corrected chi connectivity index (χ4v) is 3.38. The van der Waals surface area contributed by atoms with Gasteiger partial charge in [0.15, 0.2) is 17.5 Å². The lowest BCUT2D eigenvalue weighted by Gasteiger charge is -2.24. The predicted molar refractivity (Wildman–Crippen MR) is 96.3 cm³/mol. The van der Waals surface area contributed by atoms with Crippen molar-refractivity contribution in [3.63, 3.8) is 0 Å². The number of nitrogens with zero attached hydrogens (tertiary/aromatic N) is 4. The summed E-state index contributed by atoms with van der Waals surface area (Å²) in [7, 11) is 0. The monoisotopic (exact) mass is 389 g/mol. The molecule has 10 heteroatoms. The van der Waals surface area contributed by atoms with Crippen LogP contribution in [0.2, 0.25) is 0 Å². The van der Waals surface area contributed by atoms with Crippen LogP contribution in [-0.2, 0) is 16.2 Å². The van der Waals surface area contributed by atoms with Gasteiger partial charge in [-0.3, -0.25) is 9.40 Å². The molecule has 10 nitrogen and oxygen atoms in total. The first-order chi connectivity index (χ1) is 13.5. The molecule has 2 aromatic rings. The van der Waals surface area contributed by atoms with E-state index in [0.717, 1.165) is 11.1 Å². The van der Waals surface area contributed by atoms with Gasteiger partial charge in [0.2, 0.25) is 0 Å². The first-order valence-corrected chi connectivity index (χ1v) is 8.95. The molecule has 5 N–H and O–H groups in total. The van der Waals surface area contributed by atoms with E-state index in [-0.39, 0.29) is 6.67 Å². The van der Waals surface area contributed by atoms with Crippen molar-refractivity contribution < 1.29 is 24.9 Å². The zero-order valence-corrected chi connectivity index (χ0v) is 15.3. The Kier molecular flexibility index (Phi) is 5.04. The highest BCUT2D eigenvalue weighted by Gasteiger charge is 2.43. The van der Waals surface area contributed by atoms with Gasteiger partial charge in [0.05, 0.1) is 12.9 Å². The van der Waals surface area contributed by atoms with Crippen LogP contribution in [-0.4, -0.2) is 61.5 Å². The minimum Gasteiger partial charge on any atom is -0.394 e. The van der Waals surface area contributed by atoms with Crippen LogP contribution in [0.15, 0.2) is 35.6 Å². The van der Waals surface area contributed by atoms with Crippen molar-refractivity contribution >= 4 is 5.82 Å². The van der Waals surface area contributed by atoms with Gasteiger partial charge < -0.3 is 25.8 Å². The lowest BCUT2D eigenvalue weighted by Crippen LogP contribution is -2.47. The lowest BCUT2D eigenvalue weighted by molar-refractivity contribution is -0.124. The van der Waals surface area contributed by atoms with Crippen LogP contribution in [0, 0.1) is 6.92 Å². The van der Waals surface area contributed by atoms with Gasteiger partial charge in [-0.2, -0.15) is 0 Å². The molecule has 0 amide bonds. The van der Waals surface area contributed by atoms with Gasteiger partial charge in [0.1, 0.15) is 36.9 Å². The zero-order valence-electron chi connectivity index (χ0n) is 15.3. The quantitative estimate of drug-likeness (QED) is 0.454. The third-order valence-electron chi connectivity index (χ3n) is 4.89. The Morgan fingerprint density at radius 2 is 2.14 bits per heavy atom. The second-order valence-electron chi connectivity index (χ2n) is 6.88. The highest BCUT2D eigenvalue weighted by atomic mass is 16.7. The third kappa shape index (κ3) is 3.25. The highest BCUT2D eigenvalue weighted by molar-refractivity contribution is 5.34. The summed E-state index contributed by atoms with van der Waals surface area (Å²) in [5.41, 5.74) is 8.77. The van der Waals surface area contributed by atoms with E-state index < -0.39 is 31.1 Å². The van der Waals surface area contributed by atoms with E-state index in [1.54, 1.807) is 0 Å². The van der Waals surface area contributed by atoms with Crippen molar-refractivity contribution in [1.82, 2.24) is 14.6 Å². The summed E-state index contributed by atoms with van der Waals surface area (Å²) >= 11 is 0. The molecule has 1 aromatic carbocycles. The lowest BCUT2D eigenvalue weighted by atomic mass is 10.1. The molecule has 4 rings (SSSR count). The number of benzene rings is 1. The maximum atomic E-state index is 10.2. The highest BCUT2D eigenvalue weighted by Crippen LogP contribution is 2.27. The van der Waals surface area contributed by atoms with E-state index in [1.807, 2.05) is 31.2 Å². The predicted octanol–water partition coefficient (Wildman–Crippen LogP) is -2.15. The number of hydroxylamine groups is 2. The molecule has 28 heavy (non-hydrogen) atoms. The summed E-state index contributed by atoms with van der Waals surface area (Å²) in [6.45, 7) is 2.09. The van der Waals surface area contributed by atoms with E-state index in [9.17, 15) is 15.3 Å². The summed E-state index contributed by atoms with van der Waals surface area (Å²) in [6.07, 6.45) is -2.78. The first-order valence-electron chi connectivity index (χ1n) is 8.95.